The third-order valence-electron chi connectivity index (χ3n) is 5.06. The van der Waals surface area contributed by atoms with Gasteiger partial charge in [-0.05, 0) is 61.0 Å². The van der Waals surface area contributed by atoms with Crippen LogP contribution in [0.25, 0.3) is 33.9 Å². The van der Waals surface area contributed by atoms with Gasteiger partial charge in [-0.2, -0.15) is 4.98 Å². The molecule has 0 radical (unpaired) electrons. The highest BCUT2D eigenvalue weighted by Gasteiger charge is 2.18. The van der Waals surface area contributed by atoms with Crippen LogP contribution in [0, 0.1) is 12.7 Å². The molecule has 0 N–H and O–H groups in total. The highest BCUT2D eigenvalue weighted by molar-refractivity contribution is 6.30. The molecule has 0 atom stereocenters. The Labute approximate surface area is 186 Å². The molecule has 0 aliphatic carbocycles. The van der Waals surface area contributed by atoms with Crippen molar-refractivity contribution in [2.75, 3.05) is 0 Å². The lowest BCUT2D eigenvalue weighted by Gasteiger charge is -2.12. The van der Waals surface area contributed by atoms with Gasteiger partial charge in [0, 0.05) is 29.0 Å². The summed E-state index contributed by atoms with van der Waals surface area (Å²) in [6.07, 6.45) is 1.63. The molecule has 0 aliphatic heterocycles. The Hall–Kier alpha value is -3.84. The number of benzene rings is 2. The summed E-state index contributed by atoms with van der Waals surface area (Å²) in [5.74, 6) is 0.104. The van der Waals surface area contributed by atoms with Crippen molar-refractivity contribution in [1.29, 1.82) is 0 Å². The second-order valence-corrected chi connectivity index (χ2v) is 7.82. The van der Waals surface area contributed by atoms with Crippen molar-refractivity contribution in [2.45, 2.75) is 13.5 Å². The standard InChI is InChI=1S/C24H16ClFN4O2/c1-14-5-10-19-21(31)20(24-28-22(29-32-24)16-6-8-17(25)9-7-16)13-30(23(19)27-14)12-15-3-2-4-18(26)11-15/h2-11,13H,12H2,1H3. The zero-order valence-corrected chi connectivity index (χ0v) is 17.7. The van der Waals surface area contributed by atoms with Crippen LogP contribution >= 0.6 is 11.6 Å². The van der Waals surface area contributed by atoms with Gasteiger partial charge >= 0.3 is 0 Å². The number of hydrogen-bond donors (Lipinski definition) is 0. The van der Waals surface area contributed by atoms with E-state index in [1.807, 2.05) is 13.0 Å². The van der Waals surface area contributed by atoms with E-state index < -0.39 is 0 Å². The first kappa shape index (κ1) is 20.1. The molecule has 6 nitrogen and oxygen atoms in total. The molecule has 0 aliphatic rings. The van der Waals surface area contributed by atoms with Crippen LogP contribution in [0.15, 0.2) is 76.2 Å². The first-order valence-corrected chi connectivity index (χ1v) is 10.2. The van der Waals surface area contributed by atoms with E-state index in [1.54, 1.807) is 53.2 Å². The molecular weight excluding hydrogens is 431 g/mol. The second-order valence-electron chi connectivity index (χ2n) is 7.38. The molecule has 3 aromatic heterocycles. The van der Waals surface area contributed by atoms with Crippen molar-refractivity contribution in [3.63, 3.8) is 0 Å². The van der Waals surface area contributed by atoms with Gasteiger partial charge in [0.05, 0.1) is 5.39 Å². The van der Waals surface area contributed by atoms with Crippen molar-refractivity contribution in [1.82, 2.24) is 19.7 Å². The molecule has 0 spiro atoms. The Kier molecular flexibility index (Phi) is 5.03. The number of aryl methyl sites for hydroxylation is 1. The number of nitrogens with zero attached hydrogens (tertiary/aromatic N) is 4. The van der Waals surface area contributed by atoms with E-state index in [4.69, 9.17) is 16.1 Å². The van der Waals surface area contributed by atoms with Crippen LogP contribution in [-0.2, 0) is 6.54 Å². The van der Waals surface area contributed by atoms with Crippen LogP contribution in [0.4, 0.5) is 4.39 Å². The summed E-state index contributed by atoms with van der Waals surface area (Å²) in [5, 5.41) is 5.02. The molecule has 0 fully saturated rings. The molecule has 8 heteroatoms. The average Bonchev–Trinajstić information content (AvgIpc) is 3.26. The Morgan fingerprint density at radius 3 is 2.66 bits per heavy atom. The number of halogens is 2. The molecule has 158 valence electrons. The summed E-state index contributed by atoms with van der Waals surface area (Å²) in [6, 6.07) is 16.8. The van der Waals surface area contributed by atoms with Gasteiger partial charge in [0.15, 0.2) is 0 Å². The van der Waals surface area contributed by atoms with E-state index in [0.29, 0.717) is 34.0 Å². The summed E-state index contributed by atoms with van der Waals surface area (Å²) in [7, 11) is 0. The number of aromatic nitrogens is 4. The van der Waals surface area contributed by atoms with E-state index in [2.05, 4.69) is 15.1 Å². The minimum Gasteiger partial charge on any atom is -0.333 e. The highest BCUT2D eigenvalue weighted by atomic mass is 35.5. The van der Waals surface area contributed by atoms with Crippen molar-refractivity contribution < 1.29 is 8.91 Å². The lowest BCUT2D eigenvalue weighted by Crippen LogP contribution is -2.14. The Balaban J connectivity index is 1.65. The van der Waals surface area contributed by atoms with Gasteiger partial charge in [-0.15, -0.1) is 0 Å². The predicted octanol–water partition coefficient (Wildman–Crippen LogP) is 5.26. The molecule has 0 bridgehead atoms. The van der Waals surface area contributed by atoms with Crippen molar-refractivity contribution in [2.24, 2.45) is 0 Å². The van der Waals surface area contributed by atoms with E-state index in [9.17, 15) is 9.18 Å². The molecule has 0 amide bonds. The number of rotatable bonds is 4. The van der Waals surface area contributed by atoms with Gasteiger partial charge in [-0.3, -0.25) is 4.79 Å². The maximum atomic E-state index is 13.7. The molecule has 32 heavy (non-hydrogen) atoms. The predicted molar refractivity (Wildman–Crippen MR) is 120 cm³/mol. The number of pyridine rings is 2. The van der Waals surface area contributed by atoms with Gasteiger partial charge in [0.2, 0.25) is 11.3 Å². The van der Waals surface area contributed by atoms with Gasteiger partial charge in [0.1, 0.15) is 17.0 Å². The van der Waals surface area contributed by atoms with Gasteiger partial charge in [-0.1, -0.05) is 28.9 Å². The molecule has 2 aromatic carbocycles. The molecule has 0 saturated carbocycles. The number of hydrogen-bond acceptors (Lipinski definition) is 5. The summed E-state index contributed by atoms with van der Waals surface area (Å²) in [6.45, 7) is 2.16. The Morgan fingerprint density at radius 2 is 1.88 bits per heavy atom. The molecular formula is C24H16ClFN4O2. The SMILES string of the molecule is Cc1ccc2c(=O)c(-c3nc(-c4ccc(Cl)cc4)no3)cn(Cc3cccc(F)c3)c2n1. The fourth-order valence-electron chi connectivity index (χ4n) is 3.51. The third kappa shape index (κ3) is 3.78. The van der Waals surface area contributed by atoms with E-state index in [0.717, 1.165) is 11.3 Å². The van der Waals surface area contributed by atoms with Gasteiger partial charge in [0.25, 0.3) is 5.89 Å². The lowest BCUT2D eigenvalue weighted by atomic mass is 10.1. The fraction of sp³-hybridized carbons (Fsp3) is 0.0833. The zero-order valence-electron chi connectivity index (χ0n) is 16.9. The van der Waals surface area contributed by atoms with Crippen LogP contribution < -0.4 is 5.43 Å². The maximum absolute atomic E-state index is 13.7. The number of fused-ring (bicyclic) bond motifs is 1. The highest BCUT2D eigenvalue weighted by Crippen LogP contribution is 2.24. The van der Waals surface area contributed by atoms with E-state index in [1.165, 1.54) is 12.1 Å². The summed E-state index contributed by atoms with van der Waals surface area (Å²) in [5.41, 5.74) is 2.68. The van der Waals surface area contributed by atoms with Crippen LogP contribution in [0.3, 0.4) is 0 Å². The normalized spacial score (nSPS) is 11.2. The van der Waals surface area contributed by atoms with Crippen LogP contribution in [0.1, 0.15) is 11.3 Å². The Morgan fingerprint density at radius 1 is 1.06 bits per heavy atom. The topological polar surface area (TPSA) is 73.8 Å². The third-order valence-corrected chi connectivity index (χ3v) is 5.31. The molecule has 0 unspecified atom stereocenters. The first-order valence-electron chi connectivity index (χ1n) is 9.83. The Bertz CT molecular complexity index is 1510. The van der Waals surface area contributed by atoms with Gasteiger partial charge < -0.3 is 9.09 Å². The van der Waals surface area contributed by atoms with Crippen molar-refractivity contribution in [3.8, 4) is 22.8 Å². The summed E-state index contributed by atoms with van der Waals surface area (Å²) >= 11 is 5.94. The second kappa shape index (κ2) is 8.01. The smallest absolute Gasteiger partial charge is 0.263 e. The van der Waals surface area contributed by atoms with Gasteiger partial charge in [-0.25, -0.2) is 9.37 Å². The van der Waals surface area contributed by atoms with Crippen molar-refractivity contribution >= 4 is 22.6 Å². The van der Waals surface area contributed by atoms with E-state index in [-0.39, 0.29) is 22.7 Å². The van der Waals surface area contributed by atoms with Crippen molar-refractivity contribution in [3.05, 3.63) is 99.2 Å². The van der Waals surface area contributed by atoms with E-state index >= 15 is 0 Å². The first-order chi connectivity index (χ1) is 15.5. The van der Waals surface area contributed by atoms with Crippen LogP contribution in [0.2, 0.25) is 5.02 Å². The summed E-state index contributed by atoms with van der Waals surface area (Å²) in [4.78, 5) is 22.2. The molecule has 0 saturated heterocycles. The quantitative estimate of drug-likeness (QED) is 0.376. The largest absolute Gasteiger partial charge is 0.333 e. The molecule has 5 aromatic rings. The molecule has 5 rings (SSSR count). The minimum absolute atomic E-state index is 0.0930. The molecule has 3 heterocycles. The maximum Gasteiger partial charge on any atom is 0.263 e. The van der Waals surface area contributed by atoms with Crippen LogP contribution in [-0.4, -0.2) is 19.7 Å². The lowest BCUT2D eigenvalue weighted by molar-refractivity contribution is 0.431. The summed E-state index contributed by atoms with van der Waals surface area (Å²) < 4.78 is 20.9. The monoisotopic (exact) mass is 446 g/mol. The average molecular weight is 447 g/mol. The minimum atomic E-state index is -0.332. The fourth-order valence-corrected chi connectivity index (χ4v) is 3.64. The van der Waals surface area contributed by atoms with Crippen LogP contribution in [0.5, 0.6) is 0 Å². The zero-order chi connectivity index (χ0) is 22.2.